The molecule has 1 aliphatic rings. The number of benzene rings is 1. The van der Waals surface area contributed by atoms with Gasteiger partial charge in [0.05, 0.1) is 4.47 Å². The topological polar surface area (TPSA) is 44.8 Å². The molecule has 1 saturated heterocycles. The summed E-state index contributed by atoms with van der Waals surface area (Å²) in [4.78, 5) is 10.8. The average Bonchev–Trinajstić information content (AvgIpc) is 2.63. The number of rotatable bonds is 3. The molecule has 1 unspecified atom stereocenters. The zero-order chi connectivity index (χ0) is 11.5. The van der Waals surface area contributed by atoms with Crippen LogP contribution in [0.15, 0.2) is 27.1 Å². The van der Waals surface area contributed by atoms with Gasteiger partial charge in [0, 0.05) is 4.47 Å². The number of carbonyl (C=O) groups is 1. The summed E-state index contributed by atoms with van der Waals surface area (Å²) in [6, 6.07) is 5.55. The lowest BCUT2D eigenvalue weighted by Gasteiger charge is -2.11. The number of ether oxygens (including phenoxy) is 3. The Balaban J connectivity index is 1.92. The molecule has 0 aromatic heterocycles. The van der Waals surface area contributed by atoms with E-state index in [0.717, 1.165) is 8.95 Å². The first-order valence-electron chi connectivity index (χ1n) is 4.54. The largest absolute Gasteiger partial charge is 0.486 e. The van der Waals surface area contributed by atoms with E-state index in [1.165, 1.54) is 0 Å². The van der Waals surface area contributed by atoms with Gasteiger partial charge in [-0.3, -0.25) is 0 Å². The second kappa shape index (κ2) is 5.16. The molecule has 0 N–H and O–H groups in total. The summed E-state index contributed by atoms with van der Waals surface area (Å²) >= 11 is 6.71. The average molecular weight is 352 g/mol. The molecule has 1 fully saturated rings. The third-order valence-electron chi connectivity index (χ3n) is 1.92. The predicted molar refractivity (Wildman–Crippen MR) is 63.2 cm³/mol. The fourth-order valence-corrected chi connectivity index (χ4v) is 2.37. The molecule has 1 aromatic carbocycles. The molecule has 2 rings (SSSR count). The van der Waals surface area contributed by atoms with E-state index in [4.69, 9.17) is 14.2 Å². The molecule has 0 radical (unpaired) electrons. The highest BCUT2D eigenvalue weighted by Crippen LogP contribution is 2.28. The fraction of sp³-hybridized carbons (Fsp3) is 0.300. The molecule has 4 nitrogen and oxygen atoms in total. The van der Waals surface area contributed by atoms with Crippen LogP contribution in [0.25, 0.3) is 0 Å². The molecule has 6 heteroatoms. The maximum absolute atomic E-state index is 10.8. The number of hydrogen-bond acceptors (Lipinski definition) is 4. The smallest absolute Gasteiger partial charge is 0.334 e. The Labute approximate surface area is 109 Å². The van der Waals surface area contributed by atoms with Crippen LogP contribution in [0, 0.1) is 0 Å². The van der Waals surface area contributed by atoms with Gasteiger partial charge in [0.15, 0.2) is 6.61 Å². The molecular weight excluding hydrogens is 344 g/mol. The summed E-state index contributed by atoms with van der Waals surface area (Å²) in [5, 5.41) is 0. The van der Waals surface area contributed by atoms with Crippen molar-refractivity contribution < 1.29 is 19.0 Å². The van der Waals surface area contributed by atoms with Gasteiger partial charge < -0.3 is 14.2 Å². The summed E-state index contributed by atoms with van der Waals surface area (Å²) < 4.78 is 17.1. The van der Waals surface area contributed by atoms with Crippen LogP contribution in [0.4, 0.5) is 0 Å². The molecule has 0 bridgehead atoms. The van der Waals surface area contributed by atoms with Crippen LogP contribution in [0.3, 0.4) is 0 Å². The maximum atomic E-state index is 10.8. The molecule has 0 aliphatic carbocycles. The normalized spacial score (nSPS) is 19.6. The van der Waals surface area contributed by atoms with Crippen LogP contribution < -0.4 is 4.74 Å². The summed E-state index contributed by atoms with van der Waals surface area (Å²) in [5.41, 5.74) is 0. The Morgan fingerprint density at radius 2 is 2.25 bits per heavy atom. The number of halogens is 2. The molecule has 0 spiro atoms. The fourth-order valence-electron chi connectivity index (χ4n) is 1.21. The minimum atomic E-state index is -0.608. The predicted octanol–water partition coefficient (Wildman–Crippen LogP) is 2.49. The SMILES string of the molecule is O=C1COC(COc2ccc(Br)cc2Br)O1. The van der Waals surface area contributed by atoms with E-state index in [1.807, 2.05) is 18.2 Å². The van der Waals surface area contributed by atoms with Gasteiger partial charge in [0.25, 0.3) is 0 Å². The van der Waals surface area contributed by atoms with Crippen LogP contribution in [0.2, 0.25) is 0 Å². The highest BCUT2D eigenvalue weighted by atomic mass is 79.9. The molecule has 1 aromatic rings. The lowest BCUT2D eigenvalue weighted by Crippen LogP contribution is -2.18. The molecule has 1 atom stereocenters. The summed E-state index contributed by atoms with van der Waals surface area (Å²) in [5.74, 6) is 0.318. The van der Waals surface area contributed by atoms with Gasteiger partial charge in [-0.25, -0.2) is 4.79 Å². The Kier molecular flexibility index (Phi) is 3.83. The van der Waals surface area contributed by atoms with Gasteiger partial charge in [0.1, 0.15) is 12.4 Å². The van der Waals surface area contributed by atoms with Crippen molar-refractivity contribution in [2.75, 3.05) is 13.2 Å². The zero-order valence-electron chi connectivity index (χ0n) is 8.11. The van der Waals surface area contributed by atoms with Crippen molar-refractivity contribution in [2.24, 2.45) is 0 Å². The monoisotopic (exact) mass is 350 g/mol. The number of cyclic esters (lactones) is 1. The Morgan fingerprint density at radius 1 is 1.44 bits per heavy atom. The van der Waals surface area contributed by atoms with Crippen LogP contribution >= 0.6 is 31.9 Å². The van der Waals surface area contributed by atoms with E-state index in [-0.39, 0.29) is 19.2 Å². The number of carbonyl (C=O) groups excluding carboxylic acids is 1. The lowest BCUT2D eigenvalue weighted by atomic mass is 10.3. The van der Waals surface area contributed by atoms with Gasteiger partial charge in [-0.15, -0.1) is 0 Å². The van der Waals surface area contributed by atoms with Crippen molar-refractivity contribution in [3.63, 3.8) is 0 Å². The second-order valence-electron chi connectivity index (χ2n) is 3.12. The first-order chi connectivity index (χ1) is 7.65. The van der Waals surface area contributed by atoms with Gasteiger partial charge in [0.2, 0.25) is 6.29 Å². The Morgan fingerprint density at radius 3 is 2.88 bits per heavy atom. The van der Waals surface area contributed by atoms with Crippen molar-refractivity contribution in [2.45, 2.75) is 6.29 Å². The van der Waals surface area contributed by atoms with Gasteiger partial charge in [-0.05, 0) is 34.1 Å². The second-order valence-corrected chi connectivity index (χ2v) is 4.89. The van der Waals surface area contributed by atoms with Gasteiger partial charge in [-0.2, -0.15) is 0 Å². The molecular formula is C10H8Br2O4. The van der Waals surface area contributed by atoms with Crippen LogP contribution in [0.1, 0.15) is 0 Å². The van der Waals surface area contributed by atoms with E-state index in [0.29, 0.717) is 5.75 Å². The molecule has 0 saturated carbocycles. The van der Waals surface area contributed by atoms with Crippen LogP contribution in [-0.2, 0) is 14.3 Å². The van der Waals surface area contributed by atoms with E-state index in [1.54, 1.807) is 0 Å². The molecule has 16 heavy (non-hydrogen) atoms. The summed E-state index contributed by atoms with van der Waals surface area (Å²) in [7, 11) is 0. The Bertz CT molecular complexity index is 408. The minimum absolute atomic E-state index is 0.00443. The lowest BCUT2D eigenvalue weighted by molar-refractivity contribution is -0.145. The van der Waals surface area contributed by atoms with Crippen molar-refractivity contribution in [1.82, 2.24) is 0 Å². The molecule has 1 aliphatic heterocycles. The Hall–Kier alpha value is -0.590. The van der Waals surface area contributed by atoms with Crippen molar-refractivity contribution in [3.05, 3.63) is 27.1 Å². The van der Waals surface area contributed by atoms with Crippen LogP contribution in [0.5, 0.6) is 5.75 Å². The van der Waals surface area contributed by atoms with Gasteiger partial charge >= 0.3 is 5.97 Å². The third kappa shape index (κ3) is 2.96. The quantitative estimate of drug-likeness (QED) is 0.785. The first kappa shape index (κ1) is 11.9. The zero-order valence-corrected chi connectivity index (χ0v) is 11.3. The highest BCUT2D eigenvalue weighted by molar-refractivity contribution is 9.11. The van der Waals surface area contributed by atoms with E-state index >= 15 is 0 Å². The van der Waals surface area contributed by atoms with Crippen LogP contribution in [-0.4, -0.2) is 25.5 Å². The minimum Gasteiger partial charge on any atom is -0.486 e. The van der Waals surface area contributed by atoms with E-state index in [9.17, 15) is 4.79 Å². The number of esters is 1. The van der Waals surface area contributed by atoms with Gasteiger partial charge in [-0.1, -0.05) is 15.9 Å². The highest BCUT2D eigenvalue weighted by Gasteiger charge is 2.24. The first-order valence-corrected chi connectivity index (χ1v) is 6.12. The van der Waals surface area contributed by atoms with Crippen molar-refractivity contribution >= 4 is 37.8 Å². The third-order valence-corrected chi connectivity index (χ3v) is 3.03. The van der Waals surface area contributed by atoms with Crippen molar-refractivity contribution in [3.8, 4) is 5.75 Å². The summed E-state index contributed by atoms with van der Waals surface area (Å²) in [6.07, 6.45) is -0.608. The van der Waals surface area contributed by atoms with Crippen molar-refractivity contribution in [1.29, 1.82) is 0 Å². The molecule has 0 amide bonds. The standard InChI is InChI=1S/C10H8Br2O4/c11-6-1-2-8(7(12)3-6)14-5-10-15-4-9(13)16-10/h1-3,10H,4-5H2. The molecule has 86 valence electrons. The van der Waals surface area contributed by atoms with E-state index in [2.05, 4.69) is 31.9 Å². The maximum Gasteiger partial charge on any atom is 0.334 e. The number of hydrogen-bond donors (Lipinski definition) is 0. The summed E-state index contributed by atoms with van der Waals surface area (Å²) in [6.45, 7) is 0.182. The van der Waals surface area contributed by atoms with E-state index < -0.39 is 6.29 Å². The molecule has 1 heterocycles.